The highest BCUT2D eigenvalue weighted by Crippen LogP contribution is 2.72. The molecule has 8 heteroatoms. The molecule has 0 aromatic rings. The number of carbonyl (C=O) groups excluding carboxylic acids is 1. The summed E-state index contributed by atoms with van der Waals surface area (Å²) in [6, 6.07) is 0. The van der Waals surface area contributed by atoms with Gasteiger partial charge < -0.3 is 10.2 Å². The number of carbonyl (C=O) groups is 2. The molecule has 0 aromatic carbocycles. The fourth-order valence-electron chi connectivity index (χ4n) is 9.62. The van der Waals surface area contributed by atoms with Crippen LogP contribution in [-0.4, -0.2) is 63.7 Å². The fourth-order valence-corrected chi connectivity index (χ4v) is 9.62. The molecule has 1 unspecified atom stereocenters. The summed E-state index contributed by atoms with van der Waals surface area (Å²) in [5.74, 6) is -2.56. The molecule has 37 heavy (non-hydrogen) atoms. The summed E-state index contributed by atoms with van der Waals surface area (Å²) in [5, 5.41) is 23.9. The van der Waals surface area contributed by atoms with Crippen molar-refractivity contribution >= 4 is 11.8 Å². The molecule has 0 aromatic heterocycles. The summed E-state index contributed by atoms with van der Waals surface area (Å²) in [6.07, 6.45) is 8.08. The van der Waals surface area contributed by atoms with Gasteiger partial charge in [0.2, 0.25) is 0 Å². The number of alkyl halides is 2. The molecule has 1 saturated heterocycles. The zero-order valence-electron chi connectivity index (χ0n) is 21.8. The average Bonchev–Trinajstić information content (AvgIpc) is 3.35. The number of aliphatic carboxylic acids is 1. The maximum Gasteiger partial charge on any atom is 0.339 e. The predicted octanol–water partition coefficient (Wildman–Crippen LogP) is 4.57. The van der Waals surface area contributed by atoms with Crippen molar-refractivity contribution in [2.75, 3.05) is 13.1 Å². The second-order valence-corrected chi connectivity index (χ2v) is 13.1. The second-order valence-electron chi connectivity index (χ2n) is 13.1. The lowest BCUT2D eigenvalue weighted by Gasteiger charge is -2.63. The van der Waals surface area contributed by atoms with E-state index < -0.39 is 52.2 Å². The molecular formula is C29H39F2NO5. The Bertz CT molecular complexity index is 1060. The smallest absolute Gasteiger partial charge is 0.339 e. The minimum Gasteiger partial charge on any atom is -0.479 e. The number of hydrogen-bond donors (Lipinski definition) is 2. The summed E-state index contributed by atoms with van der Waals surface area (Å²) < 4.78 is 32.9. The largest absolute Gasteiger partial charge is 0.479 e. The van der Waals surface area contributed by atoms with Crippen LogP contribution in [0.25, 0.3) is 0 Å². The second kappa shape index (κ2) is 8.43. The molecular weight excluding hydrogens is 480 g/mol. The van der Waals surface area contributed by atoms with Crippen LogP contribution >= 0.6 is 0 Å². The topological polar surface area (TPSA) is 87.1 Å². The van der Waals surface area contributed by atoms with Crippen LogP contribution in [-0.2, 0) is 14.4 Å². The minimum absolute atomic E-state index is 0.0812. The van der Waals surface area contributed by atoms with Crippen LogP contribution in [0.3, 0.4) is 0 Å². The van der Waals surface area contributed by atoms with Crippen LogP contribution in [0.2, 0.25) is 0 Å². The maximum absolute atomic E-state index is 17.3. The number of aliphatic hydroxyl groups excluding tert-OH is 1. The Morgan fingerprint density at radius 3 is 2.62 bits per heavy atom. The number of rotatable bonds is 4. The average molecular weight is 520 g/mol. The van der Waals surface area contributed by atoms with Crippen molar-refractivity contribution in [2.45, 2.75) is 95.2 Å². The van der Waals surface area contributed by atoms with E-state index in [4.69, 9.17) is 4.84 Å². The molecule has 6 nitrogen and oxygen atoms in total. The molecule has 5 aliphatic carbocycles. The highest BCUT2D eigenvalue weighted by Gasteiger charge is 2.80. The Labute approximate surface area is 217 Å². The van der Waals surface area contributed by atoms with Gasteiger partial charge in [0, 0.05) is 35.8 Å². The van der Waals surface area contributed by atoms with Crippen LogP contribution in [0.4, 0.5) is 8.78 Å². The number of hydrogen-bond acceptors (Lipinski definition) is 5. The number of aliphatic hydroxyl groups is 1. The van der Waals surface area contributed by atoms with Gasteiger partial charge in [-0.1, -0.05) is 45.1 Å². The lowest BCUT2D eigenvalue weighted by atomic mass is 9.44. The van der Waals surface area contributed by atoms with Crippen molar-refractivity contribution in [2.24, 2.45) is 34.5 Å². The fraction of sp³-hybridized carbons (Fsp3) is 0.793. The number of halogens is 2. The summed E-state index contributed by atoms with van der Waals surface area (Å²) in [4.78, 5) is 31.4. The van der Waals surface area contributed by atoms with E-state index in [2.05, 4.69) is 0 Å². The van der Waals surface area contributed by atoms with E-state index in [9.17, 15) is 19.8 Å². The Morgan fingerprint density at radius 2 is 1.92 bits per heavy atom. The molecule has 5 fully saturated rings. The van der Waals surface area contributed by atoms with Crippen molar-refractivity contribution < 1.29 is 33.4 Å². The number of carboxylic acids is 1. The number of fused-ring (bicyclic) bond motifs is 7. The Morgan fingerprint density at radius 1 is 1.19 bits per heavy atom. The molecule has 6 rings (SSSR count). The summed E-state index contributed by atoms with van der Waals surface area (Å²) >= 11 is 0. The zero-order valence-corrected chi connectivity index (χ0v) is 21.8. The summed E-state index contributed by atoms with van der Waals surface area (Å²) in [7, 11) is 0. The quantitative estimate of drug-likeness (QED) is 0.566. The summed E-state index contributed by atoms with van der Waals surface area (Å²) in [6.45, 7) is 4.48. The third kappa shape index (κ3) is 3.24. The number of allylic oxidation sites excluding steroid dienone is 4. The standard InChI is InChI=1S/C29H39F2NO5/c1-26-10-8-19(33)13-22(26)23(30)14-21-20-12-18-16-32(11-9-17-6-4-3-5-7-17)37-29(18,25(35)36)27(20,2)15-24(34)28(21,26)31/h8,10,13,17-18,20-21,23-24,34H,3-7,9,11-12,14-16H2,1-2H3,(H,35,36)/t18-,20?,21-,23-,24-,26-,27-,28-,29-/m0/s1. The molecule has 1 heterocycles. The van der Waals surface area contributed by atoms with Gasteiger partial charge in [-0.25, -0.2) is 13.6 Å². The van der Waals surface area contributed by atoms with Gasteiger partial charge in [0.15, 0.2) is 17.1 Å². The van der Waals surface area contributed by atoms with Crippen molar-refractivity contribution in [3.05, 3.63) is 23.8 Å². The van der Waals surface area contributed by atoms with Crippen LogP contribution in [0.1, 0.15) is 71.6 Å². The van der Waals surface area contributed by atoms with E-state index in [1.54, 1.807) is 18.9 Å². The maximum atomic E-state index is 17.3. The number of ketones is 1. The van der Waals surface area contributed by atoms with E-state index in [0.717, 1.165) is 6.42 Å². The van der Waals surface area contributed by atoms with E-state index >= 15 is 8.78 Å². The Balaban J connectivity index is 1.32. The van der Waals surface area contributed by atoms with Crippen molar-refractivity contribution in [1.82, 2.24) is 5.06 Å². The highest BCUT2D eigenvalue weighted by atomic mass is 19.1. The molecule has 0 bridgehead atoms. The van der Waals surface area contributed by atoms with Gasteiger partial charge in [0.05, 0.1) is 6.10 Å². The van der Waals surface area contributed by atoms with E-state index in [1.165, 1.54) is 50.3 Å². The molecule has 2 N–H and O–H groups in total. The first-order valence-electron chi connectivity index (χ1n) is 14.1. The first-order chi connectivity index (χ1) is 17.5. The van der Waals surface area contributed by atoms with Gasteiger partial charge >= 0.3 is 5.97 Å². The van der Waals surface area contributed by atoms with E-state index in [-0.39, 0.29) is 30.1 Å². The first kappa shape index (κ1) is 25.6. The SMILES string of the molecule is C[C@]12C=CC(=O)C=C1[C@@H](F)C[C@H]1C3C[C@H]4CN(CCC5CCCCC5)O[C@@]4(C(=O)O)[C@@]3(C)C[C@H](O)[C@@]12F. The minimum atomic E-state index is -2.21. The monoisotopic (exact) mass is 519 g/mol. The molecule has 9 atom stereocenters. The van der Waals surface area contributed by atoms with Crippen LogP contribution in [0.15, 0.2) is 23.8 Å². The molecule has 4 saturated carbocycles. The lowest BCUT2D eigenvalue weighted by molar-refractivity contribution is -0.273. The zero-order chi connectivity index (χ0) is 26.4. The number of carboxylic acid groups (broad SMARTS) is 1. The van der Waals surface area contributed by atoms with Gasteiger partial charge in [0.25, 0.3) is 0 Å². The molecule has 204 valence electrons. The van der Waals surface area contributed by atoms with Gasteiger partial charge in [0.1, 0.15) is 6.17 Å². The lowest BCUT2D eigenvalue weighted by Crippen LogP contribution is -2.70. The summed E-state index contributed by atoms with van der Waals surface area (Å²) in [5.41, 5.74) is -6.23. The van der Waals surface area contributed by atoms with Crippen molar-refractivity contribution in [1.29, 1.82) is 0 Å². The highest BCUT2D eigenvalue weighted by molar-refractivity contribution is 6.01. The van der Waals surface area contributed by atoms with Crippen molar-refractivity contribution in [3.8, 4) is 0 Å². The van der Waals surface area contributed by atoms with Gasteiger partial charge in [-0.2, -0.15) is 5.06 Å². The Kier molecular flexibility index (Phi) is 5.84. The van der Waals surface area contributed by atoms with E-state index in [1.807, 2.05) is 0 Å². The number of hydroxylamine groups is 2. The van der Waals surface area contributed by atoms with Gasteiger partial charge in [-0.15, -0.1) is 0 Å². The van der Waals surface area contributed by atoms with Crippen molar-refractivity contribution in [3.63, 3.8) is 0 Å². The van der Waals surface area contributed by atoms with E-state index in [0.29, 0.717) is 25.4 Å². The van der Waals surface area contributed by atoms with Gasteiger partial charge in [-0.05, 0) is 62.2 Å². The molecule has 1 aliphatic heterocycles. The number of nitrogens with zero attached hydrogens (tertiary/aromatic N) is 1. The van der Waals surface area contributed by atoms with Crippen LogP contribution in [0.5, 0.6) is 0 Å². The third-order valence-corrected chi connectivity index (χ3v) is 11.5. The third-order valence-electron chi connectivity index (χ3n) is 11.5. The first-order valence-corrected chi connectivity index (χ1v) is 14.1. The molecule has 0 radical (unpaired) electrons. The Hall–Kier alpha value is -1.64. The predicted molar refractivity (Wildman–Crippen MR) is 132 cm³/mol. The van der Waals surface area contributed by atoms with Gasteiger partial charge in [-0.3, -0.25) is 9.63 Å². The van der Waals surface area contributed by atoms with Crippen LogP contribution < -0.4 is 0 Å². The van der Waals surface area contributed by atoms with Crippen LogP contribution in [0, 0.1) is 34.5 Å². The molecule has 0 spiro atoms. The molecule has 0 amide bonds. The normalized spacial score (nSPS) is 49.7. The molecule has 6 aliphatic rings.